The largest absolute Gasteiger partial charge is 0.352 e. The highest BCUT2D eigenvalue weighted by Crippen LogP contribution is 2.28. The van der Waals surface area contributed by atoms with Crippen LogP contribution in [0.1, 0.15) is 29.8 Å². The molecule has 0 atom stereocenters. The predicted octanol–water partition coefficient (Wildman–Crippen LogP) is 3.26. The molecule has 0 fully saturated rings. The fraction of sp³-hybridized carbons (Fsp3) is 0.333. The van der Waals surface area contributed by atoms with Crippen LogP contribution in [0.25, 0.3) is 0 Å². The minimum atomic E-state index is -0.0702. The SMILES string of the molecule is CCSc1nnc(SCC(=O)c2ccc(CNC(C)=O)cc2)s1. The van der Waals surface area contributed by atoms with E-state index in [1.165, 1.54) is 30.0 Å². The molecule has 1 amide bonds. The number of ketones is 1. The summed E-state index contributed by atoms with van der Waals surface area (Å²) in [5.41, 5.74) is 1.63. The van der Waals surface area contributed by atoms with Crippen molar-refractivity contribution >= 4 is 46.6 Å². The van der Waals surface area contributed by atoms with Crippen LogP contribution in [-0.4, -0.2) is 33.4 Å². The molecule has 0 saturated heterocycles. The van der Waals surface area contributed by atoms with Crippen LogP contribution in [0.2, 0.25) is 0 Å². The second-order valence-electron chi connectivity index (χ2n) is 4.59. The zero-order valence-electron chi connectivity index (χ0n) is 12.9. The van der Waals surface area contributed by atoms with E-state index in [0.717, 1.165) is 20.0 Å². The summed E-state index contributed by atoms with van der Waals surface area (Å²) in [5.74, 6) is 1.29. The van der Waals surface area contributed by atoms with Crippen LogP contribution in [0.5, 0.6) is 0 Å². The quantitative estimate of drug-likeness (QED) is 0.570. The van der Waals surface area contributed by atoms with Gasteiger partial charge in [-0.05, 0) is 11.3 Å². The van der Waals surface area contributed by atoms with E-state index in [1.54, 1.807) is 23.9 Å². The van der Waals surface area contributed by atoms with Gasteiger partial charge in [-0.2, -0.15) is 0 Å². The van der Waals surface area contributed by atoms with E-state index in [2.05, 4.69) is 22.4 Å². The number of benzene rings is 1. The first-order valence-electron chi connectivity index (χ1n) is 7.04. The van der Waals surface area contributed by atoms with E-state index in [9.17, 15) is 9.59 Å². The minimum absolute atomic E-state index is 0.0565. The summed E-state index contributed by atoms with van der Waals surface area (Å²) in [7, 11) is 0. The van der Waals surface area contributed by atoms with Gasteiger partial charge in [-0.1, -0.05) is 66.0 Å². The standard InChI is InChI=1S/C15H17N3O2S3/c1-3-21-14-17-18-15(23-14)22-9-13(20)12-6-4-11(5-7-12)8-16-10(2)19/h4-7H,3,8-9H2,1-2H3,(H,16,19). The molecule has 5 nitrogen and oxygen atoms in total. The average molecular weight is 368 g/mol. The molecule has 0 aliphatic rings. The van der Waals surface area contributed by atoms with Gasteiger partial charge >= 0.3 is 0 Å². The van der Waals surface area contributed by atoms with Crippen molar-refractivity contribution in [2.45, 2.75) is 29.1 Å². The summed E-state index contributed by atoms with van der Waals surface area (Å²) < 4.78 is 1.75. The van der Waals surface area contributed by atoms with E-state index in [-0.39, 0.29) is 11.7 Å². The van der Waals surface area contributed by atoms with Gasteiger partial charge in [0.05, 0.1) is 5.75 Å². The highest BCUT2D eigenvalue weighted by Gasteiger charge is 2.10. The summed E-state index contributed by atoms with van der Waals surface area (Å²) in [6.45, 7) is 4.02. The maximum Gasteiger partial charge on any atom is 0.217 e. The Bertz CT molecular complexity index is 671. The number of hydrogen-bond acceptors (Lipinski definition) is 7. The van der Waals surface area contributed by atoms with Crippen molar-refractivity contribution in [2.24, 2.45) is 0 Å². The maximum absolute atomic E-state index is 12.2. The second kappa shape index (κ2) is 9.05. The fourth-order valence-electron chi connectivity index (χ4n) is 1.68. The molecule has 0 aliphatic carbocycles. The van der Waals surface area contributed by atoms with E-state index >= 15 is 0 Å². The summed E-state index contributed by atoms with van der Waals surface area (Å²) in [6.07, 6.45) is 0. The first-order chi connectivity index (χ1) is 11.1. The molecule has 1 N–H and O–H groups in total. The first-order valence-corrected chi connectivity index (χ1v) is 9.83. The van der Waals surface area contributed by atoms with Crippen molar-refractivity contribution in [1.82, 2.24) is 15.5 Å². The van der Waals surface area contributed by atoms with Gasteiger partial charge in [-0.25, -0.2) is 0 Å². The lowest BCUT2D eigenvalue weighted by Gasteiger charge is -2.04. The van der Waals surface area contributed by atoms with Gasteiger partial charge in [0, 0.05) is 19.0 Å². The molecule has 0 aliphatic heterocycles. The number of Topliss-reactive ketones (excluding diaryl/α,β-unsaturated/α-hetero) is 1. The van der Waals surface area contributed by atoms with Crippen molar-refractivity contribution in [3.8, 4) is 0 Å². The molecule has 0 bridgehead atoms. The van der Waals surface area contributed by atoms with Gasteiger partial charge in [0.25, 0.3) is 0 Å². The highest BCUT2D eigenvalue weighted by molar-refractivity contribution is 8.03. The fourth-order valence-corrected chi connectivity index (χ4v) is 4.49. The summed E-state index contributed by atoms with van der Waals surface area (Å²) in [6, 6.07) is 7.29. The molecule has 2 aromatic rings. The Morgan fingerprint density at radius 1 is 1.13 bits per heavy atom. The third-order valence-electron chi connectivity index (χ3n) is 2.80. The zero-order chi connectivity index (χ0) is 16.7. The molecular formula is C15H17N3O2S3. The maximum atomic E-state index is 12.2. The monoisotopic (exact) mass is 367 g/mol. The van der Waals surface area contributed by atoms with E-state index in [0.29, 0.717) is 17.9 Å². The number of carbonyl (C=O) groups excluding carboxylic acids is 2. The third kappa shape index (κ3) is 5.96. The van der Waals surface area contributed by atoms with Gasteiger partial charge < -0.3 is 5.32 Å². The van der Waals surface area contributed by atoms with Crippen LogP contribution in [-0.2, 0) is 11.3 Å². The van der Waals surface area contributed by atoms with Gasteiger partial charge in [0.1, 0.15) is 0 Å². The minimum Gasteiger partial charge on any atom is -0.352 e. The molecule has 0 spiro atoms. The number of hydrogen-bond donors (Lipinski definition) is 1. The normalized spacial score (nSPS) is 10.5. The van der Waals surface area contributed by atoms with E-state index in [4.69, 9.17) is 0 Å². The lowest BCUT2D eigenvalue weighted by Crippen LogP contribution is -2.18. The molecule has 23 heavy (non-hydrogen) atoms. The Kier molecular flexibility index (Phi) is 7.07. The number of nitrogens with zero attached hydrogens (tertiary/aromatic N) is 2. The predicted molar refractivity (Wildman–Crippen MR) is 95.3 cm³/mol. The molecule has 0 saturated carbocycles. The first kappa shape index (κ1) is 18.0. The van der Waals surface area contributed by atoms with Crippen molar-refractivity contribution in [2.75, 3.05) is 11.5 Å². The third-order valence-corrected chi connectivity index (χ3v) is 5.87. The molecule has 2 rings (SSSR count). The van der Waals surface area contributed by atoms with Crippen LogP contribution in [0, 0.1) is 0 Å². The molecule has 1 heterocycles. The number of aromatic nitrogens is 2. The molecule has 0 unspecified atom stereocenters. The second-order valence-corrected chi connectivity index (χ2v) is 8.30. The summed E-state index contributed by atoms with van der Waals surface area (Å²) in [4.78, 5) is 23.1. The van der Waals surface area contributed by atoms with Gasteiger partial charge in [0.2, 0.25) is 5.91 Å². The van der Waals surface area contributed by atoms with Crippen LogP contribution < -0.4 is 5.32 Å². The van der Waals surface area contributed by atoms with Crippen LogP contribution in [0.3, 0.4) is 0 Å². The smallest absolute Gasteiger partial charge is 0.217 e. The van der Waals surface area contributed by atoms with Crippen molar-refractivity contribution in [1.29, 1.82) is 0 Å². The Morgan fingerprint density at radius 3 is 2.39 bits per heavy atom. The highest BCUT2D eigenvalue weighted by atomic mass is 32.2. The molecule has 0 radical (unpaired) electrons. The number of rotatable bonds is 8. The van der Waals surface area contributed by atoms with Gasteiger partial charge in [-0.15, -0.1) is 10.2 Å². The number of amides is 1. The number of nitrogens with one attached hydrogen (secondary N) is 1. The van der Waals surface area contributed by atoms with Gasteiger partial charge in [0.15, 0.2) is 14.5 Å². The van der Waals surface area contributed by atoms with Crippen molar-refractivity contribution in [3.63, 3.8) is 0 Å². The van der Waals surface area contributed by atoms with Crippen molar-refractivity contribution < 1.29 is 9.59 Å². The number of thioether (sulfide) groups is 2. The van der Waals surface area contributed by atoms with E-state index in [1.807, 2.05) is 12.1 Å². The molecule has 1 aromatic carbocycles. The van der Waals surface area contributed by atoms with Crippen molar-refractivity contribution in [3.05, 3.63) is 35.4 Å². The molecule has 1 aromatic heterocycles. The lowest BCUT2D eigenvalue weighted by atomic mass is 10.1. The number of carbonyl (C=O) groups is 2. The van der Waals surface area contributed by atoms with Crippen LogP contribution in [0.15, 0.2) is 32.9 Å². The average Bonchev–Trinajstić information content (AvgIpc) is 2.99. The Labute approximate surface area is 147 Å². The van der Waals surface area contributed by atoms with Gasteiger partial charge in [-0.3, -0.25) is 9.59 Å². The summed E-state index contributed by atoms with van der Waals surface area (Å²) in [5, 5.41) is 10.9. The lowest BCUT2D eigenvalue weighted by molar-refractivity contribution is -0.119. The zero-order valence-corrected chi connectivity index (χ0v) is 15.3. The van der Waals surface area contributed by atoms with Crippen LogP contribution in [0.4, 0.5) is 0 Å². The Morgan fingerprint density at radius 2 is 1.78 bits per heavy atom. The Balaban J connectivity index is 1.86. The topological polar surface area (TPSA) is 72.0 Å². The van der Waals surface area contributed by atoms with E-state index < -0.39 is 0 Å². The molecular weight excluding hydrogens is 350 g/mol. The molecule has 122 valence electrons. The summed E-state index contributed by atoms with van der Waals surface area (Å²) >= 11 is 4.58. The van der Waals surface area contributed by atoms with Crippen LogP contribution >= 0.6 is 34.9 Å². The molecule has 8 heteroatoms. The Hall–Kier alpha value is -1.38.